The number of allylic oxidation sites excluding steroid dienone is 8. The first-order valence-corrected chi connectivity index (χ1v) is 7.65. The van der Waals surface area contributed by atoms with Gasteiger partial charge in [0, 0.05) is 32.5 Å². The van der Waals surface area contributed by atoms with Crippen LogP contribution in [0.4, 0.5) is 0 Å². The maximum Gasteiger partial charge on any atom is 0.00430 e. The summed E-state index contributed by atoms with van der Waals surface area (Å²) in [4.78, 5) is 0. The predicted octanol–water partition coefficient (Wildman–Crippen LogP) is 7.07. The van der Waals surface area contributed by atoms with Gasteiger partial charge in [0.25, 0.3) is 0 Å². The molecule has 22 heavy (non-hydrogen) atoms. The van der Waals surface area contributed by atoms with Gasteiger partial charge in [-0.05, 0) is 52.7 Å². The summed E-state index contributed by atoms with van der Waals surface area (Å²) in [5.74, 6) is 0. The van der Waals surface area contributed by atoms with Gasteiger partial charge in [-0.3, -0.25) is 0 Å². The van der Waals surface area contributed by atoms with E-state index in [1.807, 2.05) is 0 Å². The monoisotopic (exact) mass is 335 g/mol. The Hall–Kier alpha value is -0.326. The normalized spacial score (nSPS) is 21.4. The maximum absolute atomic E-state index is 2.34. The molecule has 0 aromatic heterocycles. The van der Waals surface area contributed by atoms with Crippen LogP contribution in [0.5, 0.6) is 0 Å². The summed E-state index contributed by atoms with van der Waals surface area (Å²) in [7, 11) is 0. The Kier molecular flexibility index (Phi) is 8.68. The van der Waals surface area contributed by atoms with E-state index >= 15 is 0 Å². The van der Waals surface area contributed by atoms with Crippen molar-refractivity contribution in [2.45, 2.75) is 69.2 Å². The van der Waals surface area contributed by atoms with Gasteiger partial charge in [0.1, 0.15) is 0 Å². The summed E-state index contributed by atoms with van der Waals surface area (Å²) in [5.41, 5.74) is 9.51. The van der Waals surface area contributed by atoms with Crippen molar-refractivity contribution in [3.63, 3.8) is 0 Å². The van der Waals surface area contributed by atoms with Crippen LogP contribution in [0.1, 0.15) is 69.2 Å². The molecule has 0 amide bonds. The minimum atomic E-state index is 0. The molecule has 0 nitrogen and oxygen atoms in total. The van der Waals surface area contributed by atoms with Crippen molar-refractivity contribution in [3.05, 3.63) is 53.0 Å². The van der Waals surface area contributed by atoms with Gasteiger partial charge in [0.05, 0.1) is 0 Å². The molecule has 0 radical (unpaired) electrons. The number of hydrogen-bond acceptors (Lipinski definition) is 0. The molecular formula is C21H35Ti-. The van der Waals surface area contributed by atoms with E-state index in [0.717, 1.165) is 0 Å². The van der Waals surface area contributed by atoms with Crippen LogP contribution in [0, 0.1) is 18.3 Å². The van der Waals surface area contributed by atoms with Gasteiger partial charge in [-0.15, -0.1) is 0 Å². The molecule has 0 aromatic carbocycles. The molecule has 0 heterocycles. The van der Waals surface area contributed by atoms with Gasteiger partial charge in [-0.1, -0.05) is 62.1 Å². The van der Waals surface area contributed by atoms with E-state index in [1.54, 1.807) is 0 Å². The van der Waals surface area contributed by atoms with Crippen LogP contribution in [-0.2, 0) is 21.7 Å². The fraction of sp³-hybridized carbons (Fsp3) is 0.571. The largest absolute Gasteiger partial charge is 0.358 e. The summed E-state index contributed by atoms with van der Waals surface area (Å²) in [5, 5.41) is 0. The molecule has 0 unspecified atom stereocenters. The first-order valence-electron chi connectivity index (χ1n) is 7.65. The number of hydrogen-bond donors (Lipinski definition) is 0. The summed E-state index contributed by atoms with van der Waals surface area (Å²) in [6, 6.07) is 0. The summed E-state index contributed by atoms with van der Waals surface area (Å²) < 4.78 is 0. The second-order valence-electron chi connectivity index (χ2n) is 7.60. The molecule has 124 valence electrons. The molecule has 0 aromatic rings. The molecule has 2 aliphatic carbocycles. The van der Waals surface area contributed by atoms with E-state index < -0.39 is 0 Å². The van der Waals surface area contributed by atoms with Crippen molar-refractivity contribution < 1.29 is 21.7 Å². The van der Waals surface area contributed by atoms with Crippen LogP contribution in [0.3, 0.4) is 0 Å². The zero-order chi connectivity index (χ0) is 15.9. The van der Waals surface area contributed by atoms with Gasteiger partial charge in [0.2, 0.25) is 0 Å². The molecule has 0 N–H and O–H groups in total. The number of rotatable bonds is 0. The van der Waals surface area contributed by atoms with Crippen molar-refractivity contribution >= 4 is 0 Å². The first-order chi connectivity index (χ1) is 8.90. The standard InChI is InChI=1S/2C10H16.CH3.Ti/c2*1-7-6-10(4,5)9(3)8(7)2;;/h2*6H,1-5H3;1H3;/q;;-1;. The van der Waals surface area contributed by atoms with Crippen molar-refractivity contribution in [2.24, 2.45) is 10.8 Å². The van der Waals surface area contributed by atoms with Gasteiger partial charge in [-0.2, -0.15) is 0 Å². The summed E-state index contributed by atoms with van der Waals surface area (Å²) in [6.45, 7) is 22.3. The fourth-order valence-electron chi connectivity index (χ4n) is 3.07. The molecule has 0 aliphatic heterocycles. The second kappa shape index (κ2) is 7.98. The molecule has 0 saturated heterocycles. The van der Waals surface area contributed by atoms with Crippen LogP contribution in [0.25, 0.3) is 0 Å². The zero-order valence-corrected chi connectivity index (χ0v) is 18.2. The molecule has 0 atom stereocenters. The Morgan fingerprint density at radius 3 is 0.864 bits per heavy atom. The Labute approximate surface area is 154 Å². The molecule has 2 aliphatic rings. The Balaban J connectivity index is 0. The van der Waals surface area contributed by atoms with Crippen LogP contribution >= 0.6 is 0 Å². The third-order valence-electron chi connectivity index (χ3n) is 5.40. The molecular weight excluding hydrogens is 300 g/mol. The molecule has 0 fully saturated rings. The summed E-state index contributed by atoms with van der Waals surface area (Å²) >= 11 is 0. The third-order valence-corrected chi connectivity index (χ3v) is 5.40. The summed E-state index contributed by atoms with van der Waals surface area (Å²) in [6.07, 6.45) is 4.69. The first kappa shape index (κ1) is 23.9. The fourth-order valence-corrected chi connectivity index (χ4v) is 3.07. The SMILES string of the molecule is CC1=CC(C)(C)C(C)=C1C.CC1=CC(C)(C)C(C)=C1C.[CH3-].[Ti]. The second-order valence-corrected chi connectivity index (χ2v) is 7.60. The Bertz CT molecular complexity index is 484. The Morgan fingerprint density at radius 2 is 0.818 bits per heavy atom. The van der Waals surface area contributed by atoms with E-state index in [4.69, 9.17) is 0 Å². The van der Waals surface area contributed by atoms with E-state index in [0.29, 0.717) is 10.8 Å². The topological polar surface area (TPSA) is 0 Å². The quantitative estimate of drug-likeness (QED) is 0.328. The van der Waals surface area contributed by atoms with Gasteiger partial charge in [0.15, 0.2) is 0 Å². The predicted molar refractivity (Wildman–Crippen MR) is 98.2 cm³/mol. The Morgan fingerprint density at radius 1 is 0.591 bits per heavy atom. The van der Waals surface area contributed by atoms with Crippen molar-refractivity contribution in [1.82, 2.24) is 0 Å². The van der Waals surface area contributed by atoms with E-state index in [1.165, 1.54) is 33.4 Å². The average Bonchev–Trinajstić information content (AvgIpc) is 2.60. The minimum absolute atomic E-state index is 0. The third kappa shape index (κ3) is 4.83. The van der Waals surface area contributed by atoms with Crippen LogP contribution < -0.4 is 0 Å². The van der Waals surface area contributed by atoms with Crippen molar-refractivity contribution in [1.29, 1.82) is 0 Å². The van der Waals surface area contributed by atoms with Gasteiger partial charge in [-0.25, -0.2) is 0 Å². The van der Waals surface area contributed by atoms with Gasteiger partial charge >= 0.3 is 0 Å². The molecule has 0 spiro atoms. The zero-order valence-electron chi connectivity index (χ0n) is 16.7. The van der Waals surface area contributed by atoms with E-state index in [-0.39, 0.29) is 29.1 Å². The van der Waals surface area contributed by atoms with Crippen LogP contribution in [0.15, 0.2) is 45.6 Å². The molecule has 0 saturated carbocycles. The van der Waals surface area contributed by atoms with E-state index in [9.17, 15) is 0 Å². The maximum atomic E-state index is 2.34. The van der Waals surface area contributed by atoms with Crippen LogP contribution in [0.2, 0.25) is 0 Å². The molecule has 2 rings (SSSR count). The molecule has 0 bridgehead atoms. The van der Waals surface area contributed by atoms with Gasteiger partial charge < -0.3 is 7.43 Å². The van der Waals surface area contributed by atoms with E-state index in [2.05, 4.69) is 81.4 Å². The smallest absolute Gasteiger partial charge is 0.00430 e. The molecule has 1 heteroatoms. The van der Waals surface area contributed by atoms with Crippen molar-refractivity contribution in [2.75, 3.05) is 0 Å². The van der Waals surface area contributed by atoms with Crippen molar-refractivity contribution in [3.8, 4) is 0 Å². The average molecular weight is 335 g/mol. The minimum Gasteiger partial charge on any atom is -0.358 e. The van der Waals surface area contributed by atoms with Crippen LogP contribution in [-0.4, -0.2) is 0 Å².